The molecule has 4 heteroatoms. The van der Waals surface area contributed by atoms with E-state index in [1.165, 1.54) is 0 Å². The van der Waals surface area contributed by atoms with Crippen LogP contribution < -0.4 is 11.1 Å². The molecule has 18 heavy (non-hydrogen) atoms. The summed E-state index contributed by atoms with van der Waals surface area (Å²) in [6.45, 7) is 1.42. The Morgan fingerprint density at radius 1 is 1.28 bits per heavy atom. The van der Waals surface area contributed by atoms with E-state index in [4.69, 9.17) is 5.73 Å². The lowest BCUT2D eigenvalue weighted by molar-refractivity contribution is -0.123. The second kappa shape index (κ2) is 5.85. The molecule has 1 saturated carbocycles. The van der Waals surface area contributed by atoms with Crippen molar-refractivity contribution >= 4 is 21.8 Å². The zero-order valence-electron chi connectivity index (χ0n) is 10.4. The van der Waals surface area contributed by atoms with Crippen LogP contribution in [-0.4, -0.2) is 19.0 Å². The van der Waals surface area contributed by atoms with Gasteiger partial charge in [0.2, 0.25) is 5.91 Å². The van der Waals surface area contributed by atoms with Crippen LogP contribution in [0.2, 0.25) is 0 Å². The molecule has 1 fully saturated rings. The first-order chi connectivity index (χ1) is 8.69. The molecule has 0 saturated heterocycles. The molecule has 1 aromatic rings. The zero-order chi connectivity index (χ0) is 13.0. The van der Waals surface area contributed by atoms with Crippen LogP contribution in [0.15, 0.2) is 28.7 Å². The van der Waals surface area contributed by atoms with Crippen LogP contribution >= 0.6 is 15.9 Å². The highest BCUT2D eigenvalue weighted by atomic mass is 79.9. The molecule has 3 N–H and O–H groups in total. The van der Waals surface area contributed by atoms with Gasteiger partial charge in [-0.15, -0.1) is 0 Å². The van der Waals surface area contributed by atoms with Gasteiger partial charge in [-0.1, -0.05) is 28.1 Å². The molecule has 0 unspecified atom stereocenters. The van der Waals surface area contributed by atoms with E-state index >= 15 is 0 Å². The van der Waals surface area contributed by atoms with Crippen LogP contribution in [0.25, 0.3) is 0 Å². The molecular weight excluding hydrogens is 292 g/mol. The molecule has 0 bridgehead atoms. The molecular formula is C14H19BrN2O. The van der Waals surface area contributed by atoms with E-state index in [1.54, 1.807) is 0 Å². The normalized spacial score (nSPS) is 16.3. The van der Waals surface area contributed by atoms with E-state index in [0.717, 1.165) is 42.3 Å². The van der Waals surface area contributed by atoms with Gasteiger partial charge in [0.15, 0.2) is 0 Å². The Kier molecular flexibility index (Phi) is 4.40. The summed E-state index contributed by atoms with van der Waals surface area (Å²) in [4.78, 5) is 12.2. The van der Waals surface area contributed by atoms with Crippen LogP contribution in [0.1, 0.15) is 31.2 Å². The Balaban J connectivity index is 1.94. The van der Waals surface area contributed by atoms with Crippen molar-refractivity contribution < 1.29 is 4.79 Å². The second-order valence-corrected chi connectivity index (χ2v) is 5.76. The van der Waals surface area contributed by atoms with E-state index in [1.807, 2.05) is 24.3 Å². The number of nitrogens with two attached hydrogens (primary N) is 1. The first-order valence-electron chi connectivity index (χ1n) is 6.43. The highest BCUT2D eigenvalue weighted by molar-refractivity contribution is 9.10. The summed E-state index contributed by atoms with van der Waals surface area (Å²) in [6, 6.07) is 8.07. The lowest BCUT2D eigenvalue weighted by Crippen LogP contribution is -2.35. The number of unbranched alkanes of at least 4 members (excludes halogenated alkanes) is 1. The number of hydrogen-bond acceptors (Lipinski definition) is 2. The van der Waals surface area contributed by atoms with Gasteiger partial charge < -0.3 is 11.1 Å². The fraction of sp³-hybridized carbons (Fsp3) is 0.500. The van der Waals surface area contributed by atoms with Crippen molar-refractivity contribution in [3.63, 3.8) is 0 Å². The molecule has 0 radical (unpaired) electrons. The summed E-state index contributed by atoms with van der Waals surface area (Å²) >= 11 is 3.42. The fourth-order valence-corrected chi connectivity index (χ4v) is 2.45. The monoisotopic (exact) mass is 310 g/mol. The van der Waals surface area contributed by atoms with Crippen LogP contribution in [0, 0.1) is 0 Å². The molecule has 0 aromatic heterocycles. The minimum Gasteiger partial charge on any atom is -0.355 e. The molecule has 0 atom stereocenters. The van der Waals surface area contributed by atoms with Gasteiger partial charge in [-0.2, -0.15) is 0 Å². The van der Waals surface area contributed by atoms with E-state index < -0.39 is 0 Å². The molecule has 0 heterocycles. The average molecular weight is 311 g/mol. The molecule has 1 aromatic carbocycles. The predicted octanol–water partition coefficient (Wildman–Crippen LogP) is 2.34. The lowest BCUT2D eigenvalue weighted by Gasteiger charge is -2.15. The second-order valence-electron chi connectivity index (χ2n) is 4.84. The minimum atomic E-state index is -0.261. The van der Waals surface area contributed by atoms with Crippen LogP contribution in [0.4, 0.5) is 0 Å². The number of carbonyl (C=O) groups excluding carboxylic acids is 1. The highest BCUT2D eigenvalue weighted by Crippen LogP contribution is 2.48. The van der Waals surface area contributed by atoms with Crippen LogP contribution in [-0.2, 0) is 10.2 Å². The number of nitrogens with one attached hydrogen (secondary N) is 1. The van der Waals surface area contributed by atoms with Crippen molar-refractivity contribution in [2.24, 2.45) is 5.73 Å². The van der Waals surface area contributed by atoms with Gasteiger partial charge in [-0.25, -0.2) is 0 Å². The van der Waals surface area contributed by atoms with Crippen molar-refractivity contribution in [2.75, 3.05) is 13.1 Å². The Hall–Kier alpha value is -0.870. The van der Waals surface area contributed by atoms with Gasteiger partial charge >= 0.3 is 0 Å². The standard InChI is InChI=1S/C14H19BrN2O/c15-12-5-3-11(4-6-12)14(7-8-14)13(18)17-10-2-1-9-16/h3-6H,1-2,7-10,16H2,(H,17,18). The first kappa shape index (κ1) is 13.6. The number of benzene rings is 1. The van der Waals surface area contributed by atoms with E-state index in [0.29, 0.717) is 6.54 Å². The summed E-state index contributed by atoms with van der Waals surface area (Å²) in [5, 5.41) is 3.03. The van der Waals surface area contributed by atoms with Gasteiger partial charge in [0.25, 0.3) is 0 Å². The number of halogens is 1. The van der Waals surface area contributed by atoms with Gasteiger partial charge in [0.05, 0.1) is 5.41 Å². The van der Waals surface area contributed by atoms with Crippen LogP contribution in [0.5, 0.6) is 0 Å². The number of rotatable bonds is 6. The molecule has 3 nitrogen and oxygen atoms in total. The Morgan fingerprint density at radius 3 is 2.50 bits per heavy atom. The van der Waals surface area contributed by atoms with Gasteiger partial charge in [-0.3, -0.25) is 4.79 Å². The summed E-state index contributed by atoms with van der Waals surface area (Å²) < 4.78 is 1.05. The number of amides is 1. The summed E-state index contributed by atoms with van der Waals surface area (Å²) in [5.41, 5.74) is 6.30. The highest BCUT2D eigenvalue weighted by Gasteiger charge is 2.50. The molecule has 1 aliphatic rings. The lowest BCUT2D eigenvalue weighted by atomic mass is 9.95. The maximum Gasteiger partial charge on any atom is 0.230 e. The van der Waals surface area contributed by atoms with Crippen molar-refractivity contribution in [1.29, 1.82) is 0 Å². The van der Waals surface area contributed by atoms with E-state index in [-0.39, 0.29) is 11.3 Å². The van der Waals surface area contributed by atoms with Gasteiger partial charge in [0, 0.05) is 11.0 Å². The molecule has 98 valence electrons. The van der Waals surface area contributed by atoms with E-state index in [9.17, 15) is 4.79 Å². The topological polar surface area (TPSA) is 55.1 Å². The maximum absolute atomic E-state index is 12.2. The number of carbonyl (C=O) groups is 1. The Morgan fingerprint density at radius 2 is 1.94 bits per heavy atom. The van der Waals surface area contributed by atoms with Gasteiger partial charge in [0.1, 0.15) is 0 Å². The third-order valence-corrected chi connectivity index (χ3v) is 4.03. The van der Waals surface area contributed by atoms with Crippen molar-refractivity contribution in [3.05, 3.63) is 34.3 Å². The van der Waals surface area contributed by atoms with E-state index in [2.05, 4.69) is 21.2 Å². The molecule has 0 aliphatic heterocycles. The fourth-order valence-electron chi connectivity index (χ4n) is 2.18. The quantitative estimate of drug-likeness (QED) is 0.792. The van der Waals surface area contributed by atoms with Crippen molar-refractivity contribution in [2.45, 2.75) is 31.1 Å². The smallest absolute Gasteiger partial charge is 0.230 e. The van der Waals surface area contributed by atoms with Crippen molar-refractivity contribution in [1.82, 2.24) is 5.32 Å². The van der Waals surface area contributed by atoms with Gasteiger partial charge in [-0.05, 0) is 49.9 Å². The SMILES string of the molecule is NCCCCNC(=O)C1(c2ccc(Br)cc2)CC1. The molecule has 2 rings (SSSR count). The Bertz CT molecular complexity index is 412. The van der Waals surface area contributed by atoms with Crippen LogP contribution in [0.3, 0.4) is 0 Å². The summed E-state index contributed by atoms with van der Waals surface area (Å²) in [6.07, 6.45) is 3.83. The zero-order valence-corrected chi connectivity index (χ0v) is 12.0. The maximum atomic E-state index is 12.2. The van der Waals surface area contributed by atoms with Crippen molar-refractivity contribution in [3.8, 4) is 0 Å². The molecule has 1 amide bonds. The largest absolute Gasteiger partial charge is 0.355 e. The average Bonchev–Trinajstić information content (AvgIpc) is 3.17. The first-order valence-corrected chi connectivity index (χ1v) is 7.23. The molecule has 0 spiro atoms. The molecule has 1 aliphatic carbocycles. The third-order valence-electron chi connectivity index (χ3n) is 3.50. The number of hydrogen-bond donors (Lipinski definition) is 2. The summed E-state index contributed by atoms with van der Waals surface area (Å²) in [7, 11) is 0. The summed E-state index contributed by atoms with van der Waals surface area (Å²) in [5.74, 6) is 0.168. The minimum absolute atomic E-state index is 0.168. The third kappa shape index (κ3) is 2.93. The Labute approximate surface area is 116 Å². The predicted molar refractivity (Wildman–Crippen MR) is 76.4 cm³/mol.